The summed E-state index contributed by atoms with van der Waals surface area (Å²) in [4.78, 5) is 4.96. The van der Waals surface area contributed by atoms with E-state index in [0.717, 1.165) is 6.54 Å². The summed E-state index contributed by atoms with van der Waals surface area (Å²) in [7, 11) is 4.40. The molecule has 1 aliphatic heterocycles. The highest BCUT2D eigenvalue weighted by molar-refractivity contribution is 5.14. The molecule has 1 atom stereocenters. The van der Waals surface area contributed by atoms with E-state index in [-0.39, 0.29) is 0 Å². The Labute approximate surface area is 105 Å². The van der Waals surface area contributed by atoms with E-state index in [9.17, 15) is 0 Å². The number of hydrogen-bond acceptors (Lipinski definition) is 2. The molecule has 0 radical (unpaired) electrons. The molecule has 1 heterocycles. The van der Waals surface area contributed by atoms with E-state index >= 15 is 0 Å². The van der Waals surface area contributed by atoms with Crippen molar-refractivity contribution in [1.82, 2.24) is 9.80 Å². The van der Waals surface area contributed by atoms with Crippen LogP contribution in [0.25, 0.3) is 0 Å². The molecule has 17 heavy (non-hydrogen) atoms. The lowest BCUT2D eigenvalue weighted by atomic mass is 9.89. The number of piperidine rings is 1. The van der Waals surface area contributed by atoms with E-state index < -0.39 is 0 Å². The van der Waals surface area contributed by atoms with E-state index in [1.165, 1.54) is 31.5 Å². The second-order valence-corrected chi connectivity index (χ2v) is 5.69. The lowest BCUT2D eigenvalue weighted by Gasteiger charge is -2.44. The molecule has 2 nitrogen and oxygen atoms in total. The second-order valence-electron chi connectivity index (χ2n) is 5.69. The van der Waals surface area contributed by atoms with E-state index in [1.54, 1.807) is 0 Å². The molecule has 0 N–H and O–H groups in total. The summed E-state index contributed by atoms with van der Waals surface area (Å²) in [6, 6.07) is 10.8. The van der Waals surface area contributed by atoms with Crippen molar-refractivity contribution >= 4 is 0 Å². The number of rotatable bonds is 3. The minimum Gasteiger partial charge on any atom is -0.303 e. The van der Waals surface area contributed by atoms with Gasteiger partial charge in [-0.25, -0.2) is 0 Å². The van der Waals surface area contributed by atoms with Gasteiger partial charge in [0.2, 0.25) is 0 Å². The second kappa shape index (κ2) is 5.19. The van der Waals surface area contributed by atoms with Gasteiger partial charge >= 0.3 is 0 Å². The summed E-state index contributed by atoms with van der Waals surface area (Å²) in [5.74, 6) is 0. The van der Waals surface area contributed by atoms with Gasteiger partial charge < -0.3 is 4.90 Å². The van der Waals surface area contributed by atoms with Crippen LogP contribution in [-0.2, 0) is 6.54 Å². The van der Waals surface area contributed by atoms with Crippen LogP contribution in [0.2, 0.25) is 0 Å². The third-order valence-electron chi connectivity index (χ3n) is 4.08. The van der Waals surface area contributed by atoms with Crippen LogP contribution in [0.1, 0.15) is 25.3 Å². The van der Waals surface area contributed by atoms with E-state index in [1.807, 2.05) is 0 Å². The van der Waals surface area contributed by atoms with Crippen LogP contribution in [0.3, 0.4) is 0 Å². The first-order valence-electron chi connectivity index (χ1n) is 6.54. The summed E-state index contributed by atoms with van der Waals surface area (Å²) in [5.41, 5.74) is 1.77. The number of nitrogens with zero attached hydrogens (tertiary/aromatic N) is 2. The smallest absolute Gasteiger partial charge is 0.0302 e. The monoisotopic (exact) mass is 232 g/mol. The molecule has 0 amide bonds. The Bertz CT molecular complexity index is 347. The largest absolute Gasteiger partial charge is 0.303 e. The van der Waals surface area contributed by atoms with Crippen molar-refractivity contribution in [2.45, 2.75) is 31.8 Å². The normalized spacial score (nSPS) is 26.4. The maximum absolute atomic E-state index is 2.58. The predicted molar refractivity (Wildman–Crippen MR) is 73.0 cm³/mol. The standard InChI is InChI=1S/C15H24N2/c1-15(16(2)3)10-7-11-17(13-15)12-14-8-5-4-6-9-14/h4-6,8-9H,7,10-13H2,1-3H3/t15-/m1/s1. The van der Waals surface area contributed by atoms with Gasteiger partial charge in [0.15, 0.2) is 0 Å². The predicted octanol–water partition coefficient (Wildman–Crippen LogP) is 2.60. The topological polar surface area (TPSA) is 6.48 Å². The van der Waals surface area contributed by atoms with Gasteiger partial charge in [-0.2, -0.15) is 0 Å². The van der Waals surface area contributed by atoms with Gasteiger partial charge in [-0.05, 0) is 46.0 Å². The zero-order valence-corrected chi connectivity index (χ0v) is 11.3. The van der Waals surface area contributed by atoms with Gasteiger partial charge in [-0.15, -0.1) is 0 Å². The number of likely N-dealkylation sites (N-methyl/N-ethyl adjacent to an activating group) is 1. The van der Waals surface area contributed by atoms with Gasteiger partial charge in [0, 0.05) is 18.6 Å². The zero-order chi connectivity index (χ0) is 12.3. The van der Waals surface area contributed by atoms with Gasteiger partial charge in [0.1, 0.15) is 0 Å². The molecule has 1 fully saturated rings. The summed E-state index contributed by atoms with van der Waals surface area (Å²) in [5, 5.41) is 0. The fraction of sp³-hybridized carbons (Fsp3) is 0.600. The van der Waals surface area contributed by atoms with Crippen LogP contribution >= 0.6 is 0 Å². The molecule has 0 saturated carbocycles. The van der Waals surface area contributed by atoms with Crippen molar-refractivity contribution in [3.63, 3.8) is 0 Å². The van der Waals surface area contributed by atoms with Crippen LogP contribution in [0.5, 0.6) is 0 Å². The molecule has 0 bridgehead atoms. The molecule has 0 spiro atoms. The van der Waals surface area contributed by atoms with Crippen molar-refractivity contribution in [2.24, 2.45) is 0 Å². The molecule has 0 aromatic heterocycles. The number of likely N-dealkylation sites (tertiary alicyclic amines) is 1. The van der Waals surface area contributed by atoms with Crippen molar-refractivity contribution in [3.8, 4) is 0 Å². The Morgan fingerprint density at radius 3 is 2.59 bits per heavy atom. The summed E-state index contributed by atoms with van der Waals surface area (Å²) in [6.07, 6.45) is 2.62. The van der Waals surface area contributed by atoms with Crippen LogP contribution in [0, 0.1) is 0 Å². The fourth-order valence-electron chi connectivity index (χ4n) is 2.66. The van der Waals surface area contributed by atoms with Crippen LogP contribution in [0.15, 0.2) is 30.3 Å². The van der Waals surface area contributed by atoms with Gasteiger partial charge in [-0.1, -0.05) is 30.3 Å². The van der Waals surface area contributed by atoms with Crippen molar-refractivity contribution < 1.29 is 0 Å². The molecule has 0 aliphatic carbocycles. The van der Waals surface area contributed by atoms with E-state index in [4.69, 9.17) is 0 Å². The molecule has 2 heteroatoms. The number of benzene rings is 1. The highest BCUT2D eigenvalue weighted by Gasteiger charge is 2.32. The van der Waals surface area contributed by atoms with Crippen molar-refractivity contribution in [3.05, 3.63) is 35.9 Å². The number of hydrogen-bond donors (Lipinski definition) is 0. The van der Waals surface area contributed by atoms with Gasteiger partial charge in [0.25, 0.3) is 0 Å². The summed E-state index contributed by atoms with van der Waals surface area (Å²) >= 11 is 0. The summed E-state index contributed by atoms with van der Waals surface area (Å²) < 4.78 is 0. The van der Waals surface area contributed by atoms with E-state index in [0.29, 0.717) is 5.54 Å². The van der Waals surface area contributed by atoms with Crippen LogP contribution in [0.4, 0.5) is 0 Å². The zero-order valence-electron chi connectivity index (χ0n) is 11.3. The molecule has 1 saturated heterocycles. The Balaban J connectivity index is 1.99. The Morgan fingerprint density at radius 2 is 1.94 bits per heavy atom. The summed E-state index contributed by atoms with van der Waals surface area (Å²) in [6.45, 7) is 5.88. The Kier molecular flexibility index (Phi) is 3.85. The average molecular weight is 232 g/mol. The lowest BCUT2D eigenvalue weighted by molar-refractivity contribution is 0.0543. The van der Waals surface area contributed by atoms with Gasteiger partial charge in [-0.3, -0.25) is 4.90 Å². The highest BCUT2D eigenvalue weighted by atomic mass is 15.2. The quantitative estimate of drug-likeness (QED) is 0.790. The SMILES string of the molecule is CN(C)[C@]1(C)CCCN(Cc2ccccc2)C1. The molecular weight excluding hydrogens is 208 g/mol. The third kappa shape index (κ3) is 3.08. The molecule has 1 aliphatic rings. The minimum atomic E-state index is 0.340. The first kappa shape index (κ1) is 12.6. The molecular formula is C15H24N2. The average Bonchev–Trinajstić information content (AvgIpc) is 2.30. The van der Waals surface area contributed by atoms with Crippen molar-refractivity contribution in [2.75, 3.05) is 27.2 Å². The third-order valence-corrected chi connectivity index (χ3v) is 4.08. The minimum absolute atomic E-state index is 0.340. The van der Waals surface area contributed by atoms with Gasteiger partial charge in [0.05, 0.1) is 0 Å². The highest BCUT2D eigenvalue weighted by Crippen LogP contribution is 2.26. The Hall–Kier alpha value is -0.860. The Morgan fingerprint density at radius 1 is 1.24 bits per heavy atom. The van der Waals surface area contributed by atoms with Crippen LogP contribution in [-0.4, -0.2) is 42.5 Å². The molecule has 1 aromatic carbocycles. The maximum atomic E-state index is 2.58. The fourth-order valence-corrected chi connectivity index (χ4v) is 2.66. The van der Waals surface area contributed by atoms with Crippen molar-refractivity contribution in [1.29, 1.82) is 0 Å². The maximum Gasteiger partial charge on any atom is 0.0302 e. The molecule has 94 valence electrons. The van der Waals surface area contributed by atoms with E-state index in [2.05, 4.69) is 61.2 Å². The molecule has 2 rings (SSSR count). The lowest BCUT2D eigenvalue weighted by Crippen LogP contribution is -2.53. The molecule has 1 aromatic rings. The molecule has 0 unspecified atom stereocenters. The first-order chi connectivity index (χ1) is 8.10. The first-order valence-corrected chi connectivity index (χ1v) is 6.54. The van der Waals surface area contributed by atoms with Crippen LogP contribution < -0.4 is 0 Å².